The van der Waals surface area contributed by atoms with Crippen LogP contribution in [0.1, 0.15) is 49.9 Å². The van der Waals surface area contributed by atoms with Gasteiger partial charge in [-0.25, -0.2) is 4.79 Å². The van der Waals surface area contributed by atoms with Crippen molar-refractivity contribution in [2.24, 2.45) is 5.41 Å². The van der Waals surface area contributed by atoms with E-state index in [-0.39, 0.29) is 0 Å². The molecule has 0 aliphatic carbocycles. The van der Waals surface area contributed by atoms with Crippen LogP contribution in [0.4, 0.5) is 5.69 Å². The van der Waals surface area contributed by atoms with Gasteiger partial charge in [-0.15, -0.1) is 0 Å². The Kier molecular flexibility index (Phi) is 4.74. The number of halogens is 1. The lowest BCUT2D eigenvalue weighted by Crippen LogP contribution is -2.56. The van der Waals surface area contributed by atoms with Crippen LogP contribution in [-0.4, -0.2) is 24.2 Å². The zero-order valence-electron chi connectivity index (χ0n) is 12.2. The summed E-state index contributed by atoms with van der Waals surface area (Å²) in [5.74, 6) is -0.857. The number of anilines is 1. The van der Waals surface area contributed by atoms with Crippen LogP contribution in [0, 0.1) is 5.41 Å². The molecule has 0 spiro atoms. The summed E-state index contributed by atoms with van der Waals surface area (Å²) in [6.07, 6.45) is 4.85. The number of carbonyl (C=O) groups is 1. The van der Waals surface area contributed by atoms with Gasteiger partial charge in [-0.05, 0) is 31.0 Å². The molecule has 1 heterocycles. The van der Waals surface area contributed by atoms with Crippen LogP contribution < -0.4 is 4.90 Å². The molecule has 0 bridgehead atoms. The van der Waals surface area contributed by atoms with Gasteiger partial charge in [-0.1, -0.05) is 42.6 Å². The van der Waals surface area contributed by atoms with Crippen LogP contribution in [-0.2, 0) is 0 Å². The minimum absolute atomic E-state index is 0.390. The molecule has 0 atom stereocenters. The van der Waals surface area contributed by atoms with Crippen LogP contribution in [0.15, 0.2) is 22.7 Å². The Morgan fingerprint density at radius 3 is 2.40 bits per heavy atom. The molecule has 1 aromatic carbocycles. The van der Waals surface area contributed by atoms with E-state index >= 15 is 0 Å². The van der Waals surface area contributed by atoms with Gasteiger partial charge >= 0.3 is 5.97 Å². The summed E-state index contributed by atoms with van der Waals surface area (Å²) in [5.41, 5.74) is 1.64. The molecule has 20 heavy (non-hydrogen) atoms. The van der Waals surface area contributed by atoms with Crippen molar-refractivity contribution in [3.63, 3.8) is 0 Å². The molecule has 0 radical (unpaired) electrons. The van der Waals surface area contributed by atoms with Crippen molar-refractivity contribution in [3.8, 4) is 0 Å². The topological polar surface area (TPSA) is 40.5 Å². The van der Waals surface area contributed by atoms with E-state index in [0.29, 0.717) is 11.0 Å². The fraction of sp³-hybridized carbons (Fsp3) is 0.562. The fourth-order valence-electron chi connectivity index (χ4n) is 3.39. The summed E-state index contributed by atoms with van der Waals surface area (Å²) < 4.78 is 0.813. The van der Waals surface area contributed by atoms with Gasteiger partial charge in [0.15, 0.2) is 0 Å². The van der Waals surface area contributed by atoms with Crippen molar-refractivity contribution in [3.05, 3.63) is 28.2 Å². The van der Waals surface area contributed by atoms with E-state index in [9.17, 15) is 9.90 Å². The number of aromatic carboxylic acids is 1. The molecule has 0 amide bonds. The van der Waals surface area contributed by atoms with Crippen LogP contribution in [0.25, 0.3) is 0 Å². The molecule has 1 aromatic rings. The Morgan fingerprint density at radius 2 is 1.90 bits per heavy atom. The average Bonchev–Trinajstić information content (AvgIpc) is 2.35. The summed E-state index contributed by atoms with van der Waals surface area (Å²) in [4.78, 5) is 13.6. The standard InChI is InChI=1S/C16H22BrNO2/c1-3-7-16(8-4-2)10-18(11-16)14-6-5-12(17)9-13(14)15(19)20/h5-6,9H,3-4,7-8,10-11H2,1-2H3,(H,19,20). The predicted molar refractivity (Wildman–Crippen MR) is 85.6 cm³/mol. The highest BCUT2D eigenvalue weighted by Crippen LogP contribution is 2.43. The third-order valence-corrected chi connectivity index (χ3v) is 4.64. The molecule has 1 saturated heterocycles. The van der Waals surface area contributed by atoms with Crippen molar-refractivity contribution >= 4 is 27.6 Å². The molecule has 110 valence electrons. The van der Waals surface area contributed by atoms with E-state index in [1.54, 1.807) is 6.07 Å². The van der Waals surface area contributed by atoms with Gasteiger partial charge < -0.3 is 10.0 Å². The molecular weight excluding hydrogens is 318 g/mol. The molecule has 3 nitrogen and oxygen atoms in total. The number of carboxylic acid groups (broad SMARTS) is 1. The van der Waals surface area contributed by atoms with Gasteiger partial charge in [0, 0.05) is 23.0 Å². The third kappa shape index (κ3) is 3.00. The van der Waals surface area contributed by atoms with Crippen molar-refractivity contribution in [2.45, 2.75) is 39.5 Å². The Bertz CT molecular complexity index is 487. The number of carboxylic acids is 1. The highest BCUT2D eigenvalue weighted by molar-refractivity contribution is 9.10. The molecule has 2 rings (SSSR count). The summed E-state index contributed by atoms with van der Waals surface area (Å²) in [7, 11) is 0. The molecule has 1 fully saturated rings. The van der Waals surface area contributed by atoms with E-state index in [1.165, 1.54) is 25.7 Å². The van der Waals surface area contributed by atoms with Gasteiger partial charge in [0.05, 0.1) is 11.3 Å². The van der Waals surface area contributed by atoms with Crippen molar-refractivity contribution in [1.29, 1.82) is 0 Å². The van der Waals surface area contributed by atoms with Crippen molar-refractivity contribution in [2.75, 3.05) is 18.0 Å². The maximum atomic E-state index is 11.4. The molecule has 0 unspecified atom stereocenters. The summed E-state index contributed by atoms with van der Waals surface area (Å²) in [5, 5.41) is 9.35. The number of benzene rings is 1. The molecule has 4 heteroatoms. The zero-order valence-corrected chi connectivity index (χ0v) is 13.7. The lowest BCUT2D eigenvalue weighted by molar-refractivity contribution is 0.0696. The first-order valence-electron chi connectivity index (χ1n) is 7.29. The van der Waals surface area contributed by atoms with E-state index < -0.39 is 5.97 Å². The third-order valence-electron chi connectivity index (χ3n) is 4.14. The molecule has 1 aliphatic heterocycles. The van der Waals surface area contributed by atoms with Crippen LogP contribution in [0.2, 0.25) is 0 Å². The molecule has 1 aliphatic rings. The molecule has 0 saturated carbocycles. The second-order valence-electron chi connectivity index (χ2n) is 5.82. The number of nitrogens with zero attached hydrogens (tertiary/aromatic N) is 1. The second-order valence-corrected chi connectivity index (χ2v) is 6.74. The maximum Gasteiger partial charge on any atom is 0.337 e. The van der Waals surface area contributed by atoms with E-state index in [1.807, 2.05) is 12.1 Å². The minimum Gasteiger partial charge on any atom is -0.478 e. The molecule has 0 aromatic heterocycles. The van der Waals surface area contributed by atoms with Gasteiger partial charge in [-0.3, -0.25) is 0 Å². The Hall–Kier alpha value is -1.03. The van der Waals surface area contributed by atoms with E-state index in [0.717, 1.165) is 23.2 Å². The maximum absolute atomic E-state index is 11.4. The second kappa shape index (κ2) is 6.17. The van der Waals surface area contributed by atoms with Gasteiger partial charge in [-0.2, -0.15) is 0 Å². The van der Waals surface area contributed by atoms with Gasteiger partial charge in [0.1, 0.15) is 0 Å². The molecular formula is C16H22BrNO2. The van der Waals surface area contributed by atoms with Crippen molar-refractivity contribution < 1.29 is 9.90 Å². The van der Waals surface area contributed by atoms with Gasteiger partial charge in [0.25, 0.3) is 0 Å². The van der Waals surface area contributed by atoms with Gasteiger partial charge in [0.2, 0.25) is 0 Å². The SMILES string of the molecule is CCCC1(CCC)CN(c2ccc(Br)cc2C(=O)O)C1. The first-order valence-corrected chi connectivity index (χ1v) is 8.08. The monoisotopic (exact) mass is 339 g/mol. The highest BCUT2D eigenvalue weighted by Gasteiger charge is 2.42. The van der Waals surface area contributed by atoms with Crippen LogP contribution in [0.3, 0.4) is 0 Å². The van der Waals surface area contributed by atoms with Crippen molar-refractivity contribution in [1.82, 2.24) is 0 Å². The van der Waals surface area contributed by atoms with E-state index in [4.69, 9.17) is 0 Å². The Morgan fingerprint density at radius 1 is 1.30 bits per heavy atom. The first kappa shape index (κ1) is 15.4. The number of rotatable bonds is 6. The summed E-state index contributed by atoms with van der Waals surface area (Å²) in [6.45, 7) is 6.41. The smallest absolute Gasteiger partial charge is 0.337 e. The summed E-state index contributed by atoms with van der Waals surface area (Å²) in [6, 6.07) is 5.52. The Labute approximate surface area is 129 Å². The average molecular weight is 340 g/mol. The minimum atomic E-state index is -0.857. The number of hydrogen-bond acceptors (Lipinski definition) is 2. The van der Waals surface area contributed by atoms with E-state index in [2.05, 4.69) is 34.7 Å². The predicted octanol–water partition coefficient (Wildman–Crippen LogP) is 4.55. The fourth-order valence-corrected chi connectivity index (χ4v) is 3.75. The number of hydrogen-bond donors (Lipinski definition) is 1. The lowest BCUT2D eigenvalue weighted by atomic mass is 9.72. The van der Waals surface area contributed by atoms with Crippen LogP contribution >= 0.6 is 15.9 Å². The lowest BCUT2D eigenvalue weighted by Gasteiger charge is -2.52. The van der Waals surface area contributed by atoms with Crippen LogP contribution in [0.5, 0.6) is 0 Å². The summed E-state index contributed by atoms with van der Waals surface area (Å²) >= 11 is 3.34. The largest absolute Gasteiger partial charge is 0.478 e. The normalized spacial score (nSPS) is 16.9. The Balaban J connectivity index is 2.17. The quantitative estimate of drug-likeness (QED) is 0.826. The molecule has 1 N–H and O–H groups in total. The first-order chi connectivity index (χ1) is 9.51. The zero-order chi connectivity index (χ0) is 14.8. The highest BCUT2D eigenvalue weighted by atomic mass is 79.9.